The van der Waals surface area contributed by atoms with Gasteiger partial charge in [0.2, 0.25) is 5.91 Å². The first-order chi connectivity index (χ1) is 10.8. The number of halogens is 1. The fourth-order valence-electron chi connectivity index (χ4n) is 2.32. The predicted molar refractivity (Wildman–Crippen MR) is 114 cm³/mol. The van der Waals surface area contributed by atoms with Crippen molar-refractivity contribution in [3.05, 3.63) is 0 Å². The Bertz CT molecular complexity index is 349. The van der Waals surface area contributed by atoms with Crippen LogP contribution in [0.1, 0.15) is 53.9 Å². The second kappa shape index (κ2) is 14.7. The van der Waals surface area contributed by atoms with Gasteiger partial charge in [-0.15, -0.1) is 24.0 Å². The van der Waals surface area contributed by atoms with Crippen LogP contribution in [0, 0.1) is 0 Å². The molecule has 0 saturated heterocycles. The maximum absolute atomic E-state index is 11.8. The highest BCUT2D eigenvalue weighted by Crippen LogP contribution is 1.97. The zero-order valence-electron chi connectivity index (χ0n) is 16.4. The van der Waals surface area contributed by atoms with Gasteiger partial charge in [0.15, 0.2) is 5.96 Å². The predicted octanol–water partition coefficient (Wildman–Crippen LogP) is 2.20. The highest BCUT2D eigenvalue weighted by molar-refractivity contribution is 14.0. The van der Waals surface area contributed by atoms with Gasteiger partial charge >= 0.3 is 0 Å². The first-order valence-electron chi connectivity index (χ1n) is 8.80. The van der Waals surface area contributed by atoms with Gasteiger partial charge in [0, 0.05) is 19.1 Å². The Morgan fingerprint density at radius 2 is 1.62 bits per heavy atom. The number of carbonyl (C=O) groups excluding carboxylic acids is 1. The van der Waals surface area contributed by atoms with Gasteiger partial charge in [0.1, 0.15) is 0 Å². The largest absolute Gasteiger partial charge is 0.356 e. The van der Waals surface area contributed by atoms with Crippen LogP contribution in [0.5, 0.6) is 0 Å². The molecule has 0 saturated carbocycles. The maximum Gasteiger partial charge on any atom is 0.239 e. The van der Waals surface area contributed by atoms with Crippen LogP contribution in [-0.4, -0.2) is 62.1 Å². The molecule has 0 atom stereocenters. The number of carbonyl (C=O) groups is 1. The van der Waals surface area contributed by atoms with Gasteiger partial charge in [-0.05, 0) is 59.7 Å². The summed E-state index contributed by atoms with van der Waals surface area (Å²) in [5.74, 6) is 0.643. The van der Waals surface area contributed by atoms with Gasteiger partial charge in [-0.3, -0.25) is 9.79 Å². The zero-order chi connectivity index (χ0) is 17.7. The molecule has 0 aliphatic carbocycles. The lowest BCUT2D eigenvalue weighted by atomic mass is 10.1. The van der Waals surface area contributed by atoms with E-state index in [0.717, 1.165) is 32.6 Å². The lowest BCUT2D eigenvalue weighted by molar-refractivity contribution is -0.121. The van der Waals surface area contributed by atoms with Crippen molar-refractivity contribution < 1.29 is 4.79 Å². The Labute approximate surface area is 165 Å². The van der Waals surface area contributed by atoms with Crippen LogP contribution in [0.4, 0.5) is 0 Å². The molecular formula is C17H38IN5O. The van der Waals surface area contributed by atoms with Crippen molar-refractivity contribution in [1.29, 1.82) is 0 Å². The fourth-order valence-corrected chi connectivity index (χ4v) is 2.32. The lowest BCUT2D eigenvalue weighted by Gasteiger charge is -2.22. The molecule has 0 unspecified atom stereocenters. The van der Waals surface area contributed by atoms with Crippen LogP contribution in [-0.2, 0) is 4.79 Å². The molecule has 24 heavy (non-hydrogen) atoms. The van der Waals surface area contributed by atoms with Crippen molar-refractivity contribution in [3.8, 4) is 0 Å². The number of nitrogens with one attached hydrogen (secondary N) is 3. The van der Waals surface area contributed by atoms with Crippen LogP contribution in [0.2, 0.25) is 0 Å². The smallest absolute Gasteiger partial charge is 0.239 e. The van der Waals surface area contributed by atoms with Crippen molar-refractivity contribution in [3.63, 3.8) is 0 Å². The third-order valence-electron chi connectivity index (χ3n) is 3.18. The number of aliphatic imine (C=N–C) groups is 1. The molecule has 0 bridgehead atoms. The topological polar surface area (TPSA) is 68.8 Å². The summed E-state index contributed by atoms with van der Waals surface area (Å²) in [5.41, 5.74) is -0.211. The highest BCUT2D eigenvalue weighted by Gasteiger charge is 2.13. The van der Waals surface area contributed by atoms with E-state index in [9.17, 15) is 4.79 Å². The molecule has 7 heteroatoms. The summed E-state index contributed by atoms with van der Waals surface area (Å²) in [6.45, 7) is 14.8. The third-order valence-corrected chi connectivity index (χ3v) is 3.18. The molecule has 1 amide bonds. The van der Waals surface area contributed by atoms with Gasteiger partial charge in [-0.1, -0.05) is 13.8 Å². The van der Waals surface area contributed by atoms with E-state index < -0.39 is 0 Å². The molecule has 0 aromatic rings. The number of hydrogen-bond acceptors (Lipinski definition) is 3. The molecule has 3 N–H and O–H groups in total. The molecule has 0 aromatic carbocycles. The Morgan fingerprint density at radius 1 is 1.04 bits per heavy atom. The summed E-state index contributed by atoms with van der Waals surface area (Å²) in [6, 6.07) is 0. The van der Waals surface area contributed by atoms with Gasteiger partial charge in [0.25, 0.3) is 0 Å². The summed E-state index contributed by atoms with van der Waals surface area (Å²) < 4.78 is 0. The average Bonchev–Trinajstić information content (AvgIpc) is 2.45. The summed E-state index contributed by atoms with van der Waals surface area (Å²) in [5, 5.41) is 9.22. The summed E-state index contributed by atoms with van der Waals surface area (Å²) in [4.78, 5) is 18.4. The first kappa shape index (κ1) is 25.7. The number of nitrogens with zero attached hydrogens (tertiary/aromatic N) is 2. The maximum atomic E-state index is 11.8. The van der Waals surface area contributed by atoms with E-state index in [4.69, 9.17) is 0 Å². The standard InChI is InChI=1S/C17H37N5O.HI/c1-7-11-22(12-8-2)13-9-10-19-16(18-6)20-14-15(23)21-17(3,4)5;/h7-14H2,1-6H3,(H,21,23)(H2,18,19,20);1H. The minimum absolute atomic E-state index is 0. The summed E-state index contributed by atoms with van der Waals surface area (Å²) >= 11 is 0. The molecule has 0 heterocycles. The number of rotatable bonds is 10. The quantitative estimate of drug-likeness (QED) is 0.205. The molecule has 0 rings (SSSR count). The summed E-state index contributed by atoms with van der Waals surface area (Å²) in [7, 11) is 1.72. The Balaban J connectivity index is 0. The monoisotopic (exact) mass is 455 g/mol. The van der Waals surface area contributed by atoms with Gasteiger partial charge in [-0.25, -0.2) is 0 Å². The van der Waals surface area contributed by atoms with Crippen LogP contribution < -0.4 is 16.0 Å². The van der Waals surface area contributed by atoms with Crippen molar-refractivity contribution >= 4 is 35.8 Å². The van der Waals surface area contributed by atoms with Crippen molar-refractivity contribution in [2.45, 2.75) is 59.4 Å². The molecule has 0 aliphatic heterocycles. The van der Waals surface area contributed by atoms with Gasteiger partial charge < -0.3 is 20.9 Å². The lowest BCUT2D eigenvalue weighted by Crippen LogP contribution is -2.48. The Hall–Kier alpha value is -0.570. The zero-order valence-corrected chi connectivity index (χ0v) is 18.7. The van der Waals surface area contributed by atoms with Crippen LogP contribution in [0.3, 0.4) is 0 Å². The highest BCUT2D eigenvalue weighted by atomic mass is 127. The minimum atomic E-state index is -0.211. The Morgan fingerprint density at radius 3 is 2.08 bits per heavy atom. The normalized spacial score (nSPS) is 11.9. The SMILES string of the molecule is CCCN(CCC)CCCNC(=NC)NCC(=O)NC(C)(C)C.I. The fraction of sp³-hybridized carbons (Fsp3) is 0.882. The third kappa shape index (κ3) is 15.0. The Kier molecular flexibility index (Phi) is 15.8. The van der Waals surface area contributed by atoms with E-state index in [0.29, 0.717) is 5.96 Å². The van der Waals surface area contributed by atoms with Crippen LogP contribution in [0.15, 0.2) is 4.99 Å². The van der Waals surface area contributed by atoms with E-state index in [1.165, 1.54) is 12.8 Å². The van der Waals surface area contributed by atoms with Gasteiger partial charge in [0.05, 0.1) is 6.54 Å². The van der Waals surface area contributed by atoms with Crippen molar-refractivity contribution in [2.24, 2.45) is 4.99 Å². The molecular weight excluding hydrogens is 417 g/mol. The van der Waals surface area contributed by atoms with E-state index in [1.54, 1.807) is 7.05 Å². The average molecular weight is 455 g/mol. The molecule has 0 fully saturated rings. The van der Waals surface area contributed by atoms with E-state index in [2.05, 4.69) is 39.7 Å². The summed E-state index contributed by atoms with van der Waals surface area (Å²) in [6.07, 6.45) is 3.45. The first-order valence-corrected chi connectivity index (χ1v) is 8.80. The van der Waals surface area contributed by atoms with Gasteiger partial charge in [-0.2, -0.15) is 0 Å². The number of amides is 1. The van der Waals surface area contributed by atoms with Crippen LogP contribution in [0.25, 0.3) is 0 Å². The number of hydrogen-bond donors (Lipinski definition) is 3. The second-order valence-electron chi connectivity index (χ2n) is 6.85. The molecule has 144 valence electrons. The van der Waals surface area contributed by atoms with Crippen LogP contribution >= 0.6 is 24.0 Å². The van der Waals surface area contributed by atoms with E-state index in [1.807, 2.05) is 20.8 Å². The van der Waals surface area contributed by atoms with E-state index >= 15 is 0 Å². The molecule has 0 aliphatic rings. The number of guanidine groups is 1. The molecule has 6 nitrogen and oxygen atoms in total. The minimum Gasteiger partial charge on any atom is -0.356 e. The molecule has 0 aromatic heterocycles. The van der Waals surface area contributed by atoms with Crippen molar-refractivity contribution in [2.75, 3.05) is 39.8 Å². The molecule has 0 spiro atoms. The van der Waals surface area contributed by atoms with E-state index in [-0.39, 0.29) is 42.0 Å². The van der Waals surface area contributed by atoms with Crippen molar-refractivity contribution in [1.82, 2.24) is 20.9 Å². The molecule has 0 radical (unpaired) electrons. The second-order valence-corrected chi connectivity index (χ2v) is 6.85.